The van der Waals surface area contributed by atoms with E-state index in [0.717, 1.165) is 60.9 Å². The third-order valence-electron chi connectivity index (χ3n) is 8.66. The maximum atomic E-state index is 8.10. The molecule has 0 saturated heterocycles. The van der Waals surface area contributed by atoms with Gasteiger partial charge in [0.05, 0.1) is 11.1 Å². The second kappa shape index (κ2) is 12.7. The minimum Gasteiger partial charge on any atom is -0.358 e. The summed E-state index contributed by atoms with van der Waals surface area (Å²) < 4.78 is 26.5. The van der Waals surface area contributed by atoms with Gasteiger partial charge in [-0.2, -0.15) is 17.1 Å². The van der Waals surface area contributed by atoms with Crippen molar-refractivity contribution >= 4 is 55.9 Å². The molecule has 2 aromatic heterocycles. The van der Waals surface area contributed by atoms with Gasteiger partial charge in [0.25, 0.3) is 0 Å². The van der Waals surface area contributed by atoms with E-state index >= 15 is 0 Å². The Hall–Kier alpha value is -5.68. The number of nitrogens with zero attached hydrogens (tertiary/aromatic N) is 5. The molecule has 1 aliphatic heterocycles. The minimum absolute atomic E-state index is 0. The quantitative estimate of drug-likeness (QED) is 0.124. The van der Waals surface area contributed by atoms with Crippen molar-refractivity contribution in [2.24, 2.45) is 0 Å². The van der Waals surface area contributed by atoms with E-state index in [2.05, 4.69) is 75.1 Å². The summed E-state index contributed by atoms with van der Waals surface area (Å²) in [5, 5.41) is 4.88. The summed E-state index contributed by atoms with van der Waals surface area (Å²) in [7, 11) is 0. The molecule has 0 atom stereocenters. The van der Waals surface area contributed by atoms with Gasteiger partial charge >= 0.3 is 0 Å². The van der Waals surface area contributed by atoms with E-state index in [4.69, 9.17) is 9.10 Å². The predicted octanol–water partition coefficient (Wildman–Crippen LogP) is 10.3. The Kier molecular flexibility index (Phi) is 7.09. The van der Waals surface area contributed by atoms with Crippen molar-refractivity contribution in [3.05, 3.63) is 170 Å². The van der Waals surface area contributed by atoms with Crippen LogP contribution in [-0.2, 0) is 21.1 Å². The molecule has 3 heterocycles. The van der Waals surface area contributed by atoms with Crippen LogP contribution in [0.25, 0.3) is 38.8 Å². The Morgan fingerprint density at radius 2 is 1.39 bits per heavy atom. The van der Waals surface area contributed by atoms with Gasteiger partial charge in [-0.3, -0.25) is 0 Å². The van der Waals surface area contributed by atoms with Crippen LogP contribution in [-0.4, -0.2) is 21.5 Å². The van der Waals surface area contributed by atoms with Crippen LogP contribution in [0.2, 0.25) is 0 Å². The second-order valence-corrected chi connectivity index (χ2v) is 11.5. The molecule has 0 fully saturated rings. The monoisotopic (exact) mass is 818 g/mol. The molecular formula is C42H30N5OPt-. The number of hydroxylamine groups is 1. The average Bonchev–Trinajstić information content (AvgIpc) is 3.73. The smallest absolute Gasteiger partial charge is 0.145 e. The Labute approximate surface area is 303 Å². The average molecular weight is 819 g/mol. The molecule has 0 saturated carbocycles. The van der Waals surface area contributed by atoms with Crippen molar-refractivity contribution in [3.8, 4) is 16.9 Å². The number of pyridine rings is 1. The maximum absolute atomic E-state index is 8.10. The van der Waals surface area contributed by atoms with Crippen molar-refractivity contribution in [1.29, 1.82) is 0 Å². The molecule has 0 aliphatic carbocycles. The zero-order valence-electron chi connectivity index (χ0n) is 29.0. The van der Waals surface area contributed by atoms with Crippen LogP contribution in [0, 0.1) is 12.1 Å². The van der Waals surface area contributed by atoms with Crippen molar-refractivity contribution in [3.63, 3.8) is 0 Å². The molecule has 0 spiro atoms. The van der Waals surface area contributed by atoms with Gasteiger partial charge in [-0.05, 0) is 59.0 Å². The second-order valence-electron chi connectivity index (χ2n) is 11.5. The number of hydrogen-bond acceptors (Lipinski definition) is 4. The van der Waals surface area contributed by atoms with E-state index in [-0.39, 0.29) is 21.1 Å². The number of anilines is 6. The fourth-order valence-electron chi connectivity index (χ4n) is 6.47. The molecule has 240 valence electrons. The van der Waals surface area contributed by atoms with Crippen LogP contribution in [0.3, 0.4) is 0 Å². The molecule has 0 bridgehead atoms. The first-order valence-corrected chi connectivity index (χ1v) is 15.7. The van der Waals surface area contributed by atoms with Gasteiger partial charge in [0.15, 0.2) is 0 Å². The van der Waals surface area contributed by atoms with E-state index in [1.54, 1.807) is 11.1 Å². The molecule has 0 amide bonds. The summed E-state index contributed by atoms with van der Waals surface area (Å²) in [6.45, 7) is -2.45. The number of para-hydroxylation sites is 4. The molecule has 9 rings (SSSR count). The number of aromatic nitrogens is 2. The van der Waals surface area contributed by atoms with Gasteiger partial charge < -0.3 is 9.47 Å². The van der Waals surface area contributed by atoms with Crippen LogP contribution in [0.15, 0.2) is 158 Å². The topological polar surface area (TPSA) is 40.3 Å². The molecule has 7 heteroatoms. The van der Waals surface area contributed by atoms with E-state index in [0.29, 0.717) is 17.1 Å². The molecule has 0 radical (unpaired) electrons. The van der Waals surface area contributed by atoms with Gasteiger partial charge in [-0.25, -0.2) is 4.98 Å². The SMILES string of the molecule is [2H]C([2H])([2H])N1[OH+]N(c2[c-]c(N(c3[c-]c4c(cc3)c3ccccc3n4-c3cc(-c4ccccc4)ccn3)c3ccccc3)ccc2)c2ccccc21.[Pt]. The van der Waals surface area contributed by atoms with Crippen molar-refractivity contribution in [1.82, 2.24) is 9.55 Å². The zero-order chi connectivity index (χ0) is 34.5. The molecule has 8 aromatic rings. The van der Waals surface area contributed by atoms with Crippen LogP contribution < -0.4 is 15.0 Å². The standard InChI is InChI=1S/C42H29N5O.Pt/c1-44-39-21-10-11-22-40(39)47(48-44)35-18-12-17-33(28-35)45(32-15-6-3-7-16-32)34-23-24-37-36-19-8-9-20-38(36)46(41(37)29-34)42-27-31(25-26-43-42)30-13-4-2-5-14-30;/h2-27H,1H3;/q-2;/p+1/i1D3;. The summed E-state index contributed by atoms with van der Waals surface area (Å²) in [5.41, 5.74) is 8.34. The first-order chi connectivity index (χ1) is 24.9. The number of benzene rings is 6. The molecule has 49 heavy (non-hydrogen) atoms. The molecule has 6 aromatic carbocycles. The fourth-order valence-corrected chi connectivity index (χ4v) is 6.47. The minimum atomic E-state index is -2.45. The van der Waals surface area contributed by atoms with E-state index < -0.39 is 6.98 Å². The largest absolute Gasteiger partial charge is 0.358 e. The fraction of sp³-hybridized carbons (Fsp3) is 0.0238. The van der Waals surface area contributed by atoms with Gasteiger partial charge in [0.2, 0.25) is 0 Å². The first-order valence-electron chi connectivity index (χ1n) is 17.2. The Morgan fingerprint density at radius 1 is 0.653 bits per heavy atom. The van der Waals surface area contributed by atoms with Crippen LogP contribution in [0.5, 0.6) is 0 Å². The molecular weight excluding hydrogens is 786 g/mol. The molecule has 1 N–H and O–H groups in total. The van der Waals surface area contributed by atoms with Crippen LogP contribution >= 0.6 is 0 Å². The van der Waals surface area contributed by atoms with E-state index in [9.17, 15) is 0 Å². The third kappa shape index (κ3) is 5.36. The van der Waals surface area contributed by atoms with Crippen LogP contribution in [0.4, 0.5) is 34.1 Å². The number of fused-ring (bicyclic) bond motifs is 4. The molecule has 1 aliphatic rings. The van der Waals surface area contributed by atoms with Gasteiger partial charge in [0, 0.05) is 44.2 Å². The molecule has 6 nitrogen and oxygen atoms in total. The van der Waals surface area contributed by atoms with Crippen LogP contribution in [0.1, 0.15) is 4.11 Å². The summed E-state index contributed by atoms with van der Waals surface area (Å²) in [5.74, 6) is 0.795. The summed E-state index contributed by atoms with van der Waals surface area (Å²) in [4.78, 5) is 11.5. The first kappa shape index (κ1) is 27.3. The predicted molar refractivity (Wildman–Crippen MR) is 195 cm³/mol. The van der Waals surface area contributed by atoms with Crippen molar-refractivity contribution < 1.29 is 30.1 Å². The summed E-state index contributed by atoms with van der Waals surface area (Å²) >= 11 is 0. The Balaban J connectivity index is 0.00000387. The normalized spacial score (nSPS) is 13.4. The van der Waals surface area contributed by atoms with Gasteiger partial charge in [-0.15, -0.1) is 45.8 Å². The van der Waals surface area contributed by atoms with Crippen molar-refractivity contribution in [2.75, 3.05) is 22.0 Å². The van der Waals surface area contributed by atoms with E-state index in [1.807, 2.05) is 103 Å². The third-order valence-corrected chi connectivity index (χ3v) is 8.66. The Bertz CT molecular complexity index is 2540. The zero-order valence-corrected chi connectivity index (χ0v) is 28.3. The maximum Gasteiger partial charge on any atom is 0.145 e. The van der Waals surface area contributed by atoms with Gasteiger partial charge in [0.1, 0.15) is 17.2 Å². The number of rotatable bonds is 6. The number of hydrogen-bond donors (Lipinski definition) is 0. The summed E-state index contributed by atoms with van der Waals surface area (Å²) in [6, 6.07) is 57.6. The summed E-state index contributed by atoms with van der Waals surface area (Å²) in [6.07, 6.45) is 1.85. The Morgan fingerprint density at radius 3 is 2.22 bits per heavy atom. The van der Waals surface area contributed by atoms with Crippen molar-refractivity contribution in [2.45, 2.75) is 0 Å². The van der Waals surface area contributed by atoms with Gasteiger partial charge in [-0.1, -0.05) is 95.8 Å². The molecule has 0 unspecified atom stereocenters. The van der Waals surface area contributed by atoms with E-state index in [1.165, 1.54) is 0 Å².